The molecule has 0 N–H and O–H groups in total. The lowest BCUT2D eigenvalue weighted by molar-refractivity contribution is -0.118. The predicted octanol–water partition coefficient (Wildman–Crippen LogP) is 3.57. The van der Waals surface area contributed by atoms with E-state index in [0.717, 1.165) is 17.7 Å². The number of rotatable bonds is 4. The van der Waals surface area contributed by atoms with Crippen LogP contribution in [0.2, 0.25) is 0 Å². The molecule has 1 saturated heterocycles. The number of benzene rings is 1. The van der Waals surface area contributed by atoms with Crippen molar-refractivity contribution >= 4 is 37.5 Å². The van der Waals surface area contributed by atoms with Gasteiger partial charge < -0.3 is 9.42 Å². The van der Waals surface area contributed by atoms with Crippen molar-refractivity contribution in [2.45, 2.75) is 50.5 Å². The van der Waals surface area contributed by atoms with E-state index in [1.54, 1.807) is 24.0 Å². The van der Waals surface area contributed by atoms with E-state index < -0.39 is 10.0 Å². The minimum absolute atomic E-state index is 0.0682. The summed E-state index contributed by atoms with van der Waals surface area (Å²) < 4.78 is 35.0. The average molecular weight is 468 g/mol. The van der Waals surface area contributed by atoms with Gasteiger partial charge in [-0.05, 0) is 43.9 Å². The second-order valence-electron chi connectivity index (χ2n) is 7.21. The van der Waals surface area contributed by atoms with Gasteiger partial charge in [0.2, 0.25) is 15.9 Å². The number of nitrogens with zero attached hydrogens (tertiary/aromatic N) is 3. The first-order valence-electron chi connectivity index (χ1n) is 9.40. The Morgan fingerprint density at radius 1 is 1.32 bits per heavy atom. The lowest BCUT2D eigenvalue weighted by Gasteiger charge is -2.26. The third-order valence-corrected chi connectivity index (χ3v) is 7.74. The van der Waals surface area contributed by atoms with Crippen LogP contribution in [0.15, 0.2) is 32.1 Å². The molecule has 0 spiro atoms. The summed E-state index contributed by atoms with van der Waals surface area (Å²) in [5, 5.41) is 3.91. The van der Waals surface area contributed by atoms with E-state index in [1.807, 2.05) is 13.0 Å². The van der Waals surface area contributed by atoms with Crippen molar-refractivity contribution in [3.05, 3.63) is 39.7 Å². The Hall–Kier alpha value is -1.71. The molecular weight excluding hydrogens is 446 g/mol. The first-order valence-corrected chi connectivity index (χ1v) is 11.6. The third-order valence-electron chi connectivity index (χ3n) is 5.36. The van der Waals surface area contributed by atoms with E-state index >= 15 is 0 Å². The normalized spacial score (nSPS) is 20.0. The Bertz CT molecular complexity index is 1030. The third kappa shape index (κ3) is 3.19. The second-order valence-corrected chi connectivity index (χ2v) is 9.98. The predicted molar refractivity (Wildman–Crippen MR) is 108 cm³/mol. The van der Waals surface area contributed by atoms with E-state index in [0.29, 0.717) is 48.3 Å². The van der Waals surface area contributed by atoms with Crippen LogP contribution in [0, 0.1) is 6.92 Å². The van der Waals surface area contributed by atoms with Gasteiger partial charge in [-0.1, -0.05) is 28.0 Å². The summed E-state index contributed by atoms with van der Waals surface area (Å²) in [7, 11) is -3.83. The smallest absolute Gasteiger partial charge is 0.245 e. The average Bonchev–Trinajstić information content (AvgIpc) is 3.38. The minimum Gasteiger partial charge on any atom is -0.359 e. The number of halogens is 1. The molecule has 0 saturated carbocycles. The molecule has 1 aromatic carbocycles. The van der Waals surface area contributed by atoms with E-state index in [-0.39, 0.29) is 16.8 Å². The zero-order chi connectivity index (χ0) is 20.1. The molecule has 2 aliphatic rings. The molecule has 1 aromatic heterocycles. The summed E-state index contributed by atoms with van der Waals surface area (Å²) in [6.07, 6.45) is 2.41. The summed E-state index contributed by atoms with van der Waals surface area (Å²) in [5.41, 5.74) is 2.12. The Morgan fingerprint density at radius 2 is 2.11 bits per heavy atom. The fraction of sp³-hybridized carbons (Fsp3) is 0.474. The monoisotopic (exact) mass is 467 g/mol. The van der Waals surface area contributed by atoms with E-state index in [9.17, 15) is 13.2 Å². The largest absolute Gasteiger partial charge is 0.359 e. The molecule has 0 bridgehead atoms. The molecule has 1 fully saturated rings. The van der Waals surface area contributed by atoms with Gasteiger partial charge in [-0.3, -0.25) is 4.79 Å². The van der Waals surface area contributed by atoms with Crippen molar-refractivity contribution in [1.82, 2.24) is 9.46 Å². The standard InChI is InChI=1S/C19H22BrN3O4S/c1-3-18(24)22-8-6-13-10-14(20)11-17(19(13)22)28(25,26)23-7-4-5-15(23)16-9-12(2)21-27-16/h9-11,15H,3-8H2,1-2H3. The molecule has 3 heterocycles. The van der Waals surface area contributed by atoms with Gasteiger partial charge in [-0.25, -0.2) is 8.42 Å². The molecule has 2 aliphatic heterocycles. The van der Waals surface area contributed by atoms with E-state index in [4.69, 9.17) is 4.52 Å². The molecule has 150 valence electrons. The topological polar surface area (TPSA) is 83.7 Å². The highest BCUT2D eigenvalue weighted by atomic mass is 79.9. The number of anilines is 1. The van der Waals surface area contributed by atoms with Gasteiger partial charge in [0.25, 0.3) is 0 Å². The Balaban J connectivity index is 1.81. The summed E-state index contributed by atoms with van der Waals surface area (Å²) in [4.78, 5) is 14.2. The Morgan fingerprint density at radius 3 is 2.79 bits per heavy atom. The first-order chi connectivity index (χ1) is 13.3. The zero-order valence-corrected chi connectivity index (χ0v) is 18.2. The highest BCUT2D eigenvalue weighted by Gasteiger charge is 2.41. The maximum atomic E-state index is 13.7. The number of aromatic nitrogens is 1. The second kappa shape index (κ2) is 7.27. The van der Waals surface area contributed by atoms with Gasteiger partial charge in [0.1, 0.15) is 4.90 Å². The maximum absolute atomic E-state index is 13.7. The number of aryl methyl sites for hydroxylation is 1. The highest BCUT2D eigenvalue weighted by Crippen LogP contribution is 2.43. The number of carbonyl (C=O) groups excluding carboxylic acids is 1. The minimum atomic E-state index is -3.83. The summed E-state index contributed by atoms with van der Waals surface area (Å²) in [6.45, 7) is 4.52. The molecular formula is C19H22BrN3O4S. The van der Waals surface area contributed by atoms with Gasteiger partial charge in [0, 0.05) is 30.0 Å². The number of carbonyl (C=O) groups is 1. The van der Waals surface area contributed by atoms with Crippen LogP contribution in [0.3, 0.4) is 0 Å². The van der Waals surface area contributed by atoms with Gasteiger partial charge in [-0.2, -0.15) is 4.31 Å². The molecule has 0 radical (unpaired) electrons. The number of fused-ring (bicyclic) bond motifs is 1. The molecule has 2 aromatic rings. The summed E-state index contributed by atoms with van der Waals surface area (Å²) >= 11 is 3.44. The fourth-order valence-electron chi connectivity index (χ4n) is 4.09. The first kappa shape index (κ1) is 19.6. The lowest BCUT2D eigenvalue weighted by atomic mass is 10.2. The maximum Gasteiger partial charge on any atom is 0.245 e. The Kier molecular flexibility index (Phi) is 5.09. The van der Waals surface area contributed by atoms with Gasteiger partial charge >= 0.3 is 0 Å². The van der Waals surface area contributed by atoms with Crippen LogP contribution in [0.4, 0.5) is 5.69 Å². The summed E-state index contributed by atoms with van der Waals surface area (Å²) in [6, 6.07) is 4.92. The number of hydrogen-bond donors (Lipinski definition) is 0. The highest BCUT2D eigenvalue weighted by molar-refractivity contribution is 9.10. The molecule has 0 aliphatic carbocycles. The molecule has 28 heavy (non-hydrogen) atoms. The van der Waals surface area contributed by atoms with Gasteiger partial charge in [-0.15, -0.1) is 0 Å². The van der Waals surface area contributed by atoms with Crippen molar-refractivity contribution in [3.63, 3.8) is 0 Å². The molecule has 9 heteroatoms. The van der Waals surface area contributed by atoms with Crippen LogP contribution in [0.5, 0.6) is 0 Å². The fourth-order valence-corrected chi connectivity index (χ4v) is 6.67. The van der Waals surface area contributed by atoms with Crippen LogP contribution in [-0.4, -0.2) is 36.9 Å². The van der Waals surface area contributed by atoms with Crippen molar-refractivity contribution in [2.75, 3.05) is 18.0 Å². The number of amides is 1. The van der Waals surface area contributed by atoms with E-state index in [2.05, 4.69) is 21.1 Å². The molecule has 7 nitrogen and oxygen atoms in total. The van der Waals surface area contributed by atoms with E-state index in [1.165, 1.54) is 4.31 Å². The molecule has 4 rings (SSSR count). The van der Waals surface area contributed by atoms with Gasteiger partial charge in [0.15, 0.2) is 5.76 Å². The van der Waals surface area contributed by atoms with Crippen molar-refractivity contribution in [3.8, 4) is 0 Å². The van der Waals surface area contributed by atoms with Crippen LogP contribution in [-0.2, 0) is 21.2 Å². The van der Waals surface area contributed by atoms with Crippen LogP contribution >= 0.6 is 15.9 Å². The van der Waals surface area contributed by atoms with Crippen LogP contribution < -0.4 is 4.90 Å². The Labute approximate surface area is 172 Å². The van der Waals surface area contributed by atoms with Gasteiger partial charge in [0.05, 0.1) is 17.4 Å². The zero-order valence-electron chi connectivity index (χ0n) is 15.8. The van der Waals surface area contributed by atoms with Crippen molar-refractivity contribution < 1.29 is 17.7 Å². The quantitative estimate of drug-likeness (QED) is 0.685. The van der Waals surface area contributed by atoms with Crippen molar-refractivity contribution in [2.24, 2.45) is 0 Å². The number of hydrogen-bond acceptors (Lipinski definition) is 5. The van der Waals surface area contributed by atoms with Crippen molar-refractivity contribution in [1.29, 1.82) is 0 Å². The molecule has 1 atom stereocenters. The SMILES string of the molecule is CCC(=O)N1CCc2cc(Br)cc(S(=O)(=O)N3CCCC3c3cc(C)no3)c21. The number of sulfonamides is 1. The summed E-state index contributed by atoms with van der Waals surface area (Å²) in [5.74, 6) is 0.494. The molecule has 1 unspecified atom stereocenters. The molecule has 1 amide bonds. The van der Waals surface area contributed by atoms with Crippen LogP contribution in [0.25, 0.3) is 0 Å². The lowest BCUT2D eigenvalue weighted by Crippen LogP contribution is -2.34. The van der Waals surface area contributed by atoms with Crippen LogP contribution in [0.1, 0.15) is 49.2 Å².